The molecule has 0 bridgehead atoms. The van der Waals surface area contributed by atoms with Crippen LogP contribution in [0, 0.1) is 0 Å². The van der Waals surface area contributed by atoms with Crippen molar-refractivity contribution in [3.8, 4) is 5.75 Å². The standard InChI is InChI=1S/C17H15BrN2O4/c1-11(21)12-5-4-6-13(9-12)24-10-16(22)19-20-17(23)14-7-2-3-8-15(14)18/h2-9H,10H2,1H3,(H,19,22)(H,20,23). The van der Waals surface area contributed by atoms with Crippen LogP contribution in [0.4, 0.5) is 0 Å². The van der Waals surface area contributed by atoms with Gasteiger partial charge in [0.05, 0.1) is 5.56 Å². The summed E-state index contributed by atoms with van der Waals surface area (Å²) in [4.78, 5) is 34.9. The van der Waals surface area contributed by atoms with Crippen molar-refractivity contribution in [2.75, 3.05) is 6.61 Å². The maximum atomic E-state index is 11.9. The molecule has 0 heterocycles. The molecule has 24 heavy (non-hydrogen) atoms. The number of hydrazine groups is 1. The second-order valence-corrected chi connectivity index (χ2v) is 5.71. The number of hydrogen-bond acceptors (Lipinski definition) is 4. The lowest BCUT2D eigenvalue weighted by Crippen LogP contribution is -2.43. The molecule has 2 aromatic rings. The zero-order valence-electron chi connectivity index (χ0n) is 12.8. The van der Waals surface area contributed by atoms with Gasteiger partial charge in [0, 0.05) is 10.0 Å². The summed E-state index contributed by atoms with van der Waals surface area (Å²) in [7, 11) is 0. The minimum Gasteiger partial charge on any atom is -0.484 e. The van der Waals surface area contributed by atoms with Crippen LogP contribution >= 0.6 is 15.9 Å². The van der Waals surface area contributed by atoms with E-state index in [0.29, 0.717) is 21.3 Å². The van der Waals surface area contributed by atoms with Gasteiger partial charge in [0.1, 0.15) is 5.75 Å². The molecule has 0 atom stereocenters. The highest BCUT2D eigenvalue weighted by atomic mass is 79.9. The van der Waals surface area contributed by atoms with Crippen molar-refractivity contribution in [2.24, 2.45) is 0 Å². The molecule has 0 aliphatic rings. The molecule has 0 aliphatic heterocycles. The van der Waals surface area contributed by atoms with Crippen LogP contribution in [0.1, 0.15) is 27.6 Å². The zero-order chi connectivity index (χ0) is 17.5. The average molecular weight is 391 g/mol. The van der Waals surface area contributed by atoms with Crippen LogP contribution in [0.25, 0.3) is 0 Å². The van der Waals surface area contributed by atoms with Crippen molar-refractivity contribution in [2.45, 2.75) is 6.92 Å². The highest BCUT2D eigenvalue weighted by Crippen LogP contribution is 2.15. The SMILES string of the molecule is CC(=O)c1cccc(OCC(=O)NNC(=O)c2ccccc2Br)c1. The van der Waals surface area contributed by atoms with Crippen molar-refractivity contribution in [1.29, 1.82) is 0 Å². The summed E-state index contributed by atoms with van der Waals surface area (Å²) < 4.78 is 5.92. The van der Waals surface area contributed by atoms with Gasteiger partial charge in [0.15, 0.2) is 12.4 Å². The first-order valence-corrected chi connectivity index (χ1v) is 7.84. The lowest BCUT2D eigenvalue weighted by atomic mass is 10.1. The minimum absolute atomic E-state index is 0.0920. The first-order valence-electron chi connectivity index (χ1n) is 7.05. The van der Waals surface area contributed by atoms with Gasteiger partial charge >= 0.3 is 0 Å². The van der Waals surface area contributed by atoms with Gasteiger partial charge in [-0.3, -0.25) is 25.2 Å². The van der Waals surface area contributed by atoms with E-state index in [0.717, 1.165) is 0 Å². The first-order chi connectivity index (χ1) is 11.5. The smallest absolute Gasteiger partial charge is 0.276 e. The Balaban J connectivity index is 1.84. The van der Waals surface area contributed by atoms with E-state index in [-0.39, 0.29) is 12.4 Å². The molecule has 0 radical (unpaired) electrons. The summed E-state index contributed by atoms with van der Waals surface area (Å²) >= 11 is 3.26. The Kier molecular flexibility index (Phi) is 6.08. The molecule has 2 rings (SSSR count). The summed E-state index contributed by atoms with van der Waals surface area (Å²) in [6, 6.07) is 13.4. The Morgan fingerprint density at radius 3 is 2.50 bits per heavy atom. The molecule has 0 spiro atoms. The average Bonchev–Trinajstić information content (AvgIpc) is 2.58. The highest BCUT2D eigenvalue weighted by molar-refractivity contribution is 9.10. The van der Waals surface area contributed by atoms with E-state index in [9.17, 15) is 14.4 Å². The molecule has 0 saturated carbocycles. The number of ketones is 1. The third-order valence-electron chi connectivity index (χ3n) is 3.04. The Hall–Kier alpha value is -2.67. The molecule has 2 amide bonds. The van der Waals surface area contributed by atoms with Gasteiger partial charge in [-0.15, -0.1) is 0 Å². The fourth-order valence-corrected chi connectivity index (χ4v) is 2.29. The monoisotopic (exact) mass is 390 g/mol. The Morgan fingerprint density at radius 2 is 1.79 bits per heavy atom. The van der Waals surface area contributed by atoms with Crippen molar-refractivity contribution in [3.05, 3.63) is 64.1 Å². The Morgan fingerprint density at radius 1 is 1.04 bits per heavy atom. The second kappa shape index (κ2) is 8.26. The van der Waals surface area contributed by atoms with Crippen LogP contribution in [0.2, 0.25) is 0 Å². The van der Waals surface area contributed by atoms with Gasteiger partial charge in [-0.25, -0.2) is 0 Å². The van der Waals surface area contributed by atoms with E-state index in [1.165, 1.54) is 6.92 Å². The van der Waals surface area contributed by atoms with Crippen LogP contribution < -0.4 is 15.6 Å². The van der Waals surface area contributed by atoms with Gasteiger partial charge in [0.2, 0.25) is 0 Å². The van der Waals surface area contributed by atoms with E-state index in [1.54, 1.807) is 48.5 Å². The normalized spacial score (nSPS) is 9.92. The molecule has 0 saturated heterocycles. The summed E-state index contributed by atoms with van der Waals surface area (Å²) in [5, 5.41) is 0. The molecule has 0 fully saturated rings. The number of carbonyl (C=O) groups excluding carboxylic acids is 3. The number of Topliss-reactive ketones (excluding diaryl/α,β-unsaturated/α-hetero) is 1. The quantitative estimate of drug-likeness (QED) is 0.606. The molecule has 7 heteroatoms. The molecule has 0 unspecified atom stereocenters. The molecule has 0 aromatic heterocycles. The highest BCUT2D eigenvalue weighted by Gasteiger charge is 2.10. The topological polar surface area (TPSA) is 84.5 Å². The van der Waals surface area contributed by atoms with E-state index < -0.39 is 11.8 Å². The number of benzene rings is 2. The molecular weight excluding hydrogens is 376 g/mol. The van der Waals surface area contributed by atoms with E-state index in [1.807, 2.05) is 0 Å². The van der Waals surface area contributed by atoms with Crippen LogP contribution in [0.15, 0.2) is 53.0 Å². The summed E-state index contributed by atoms with van der Waals surface area (Å²) in [6.07, 6.45) is 0. The van der Waals surface area contributed by atoms with E-state index in [4.69, 9.17) is 4.74 Å². The third-order valence-corrected chi connectivity index (χ3v) is 3.74. The van der Waals surface area contributed by atoms with E-state index >= 15 is 0 Å². The maximum Gasteiger partial charge on any atom is 0.276 e. The third kappa shape index (κ3) is 4.92. The van der Waals surface area contributed by atoms with Crippen LogP contribution in [0.5, 0.6) is 5.75 Å². The predicted molar refractivity (Wildman–Crippen MR) is 91.7 cm³/mol. The van der Waals surface area contributed by atoms with Crippen molar-refractivity contribution < 1.29 is 19.1 Å². The number of ether oxygens (including phenoxy) is 1. The summed E-state index contributed by atoms with van der Waals surface area (Å²) in [5.41, 5.74) is 5.46. The number of rotatable bonds is 5. The van der Waals surface area contributed by atoms with Gasteiger partial charge in [-0.05, 0) is 47.1 Å². The number of amides is 2. The van der Waals surface area contributed by atoms with Gasteiger partial charge in [-0.2, -0.15) is 0 Å². The minimum atomic E-state index is -0.524. The number of nitrogens with one attached hydrogen (secondary N) is 2. The Labute approximate surface area is 147 Å². The summed E-state index contributed by atoms with van der Waals surface area (Å²) in [6.45, 7) is 1.15. The second-order valence-electron chi connectivity index (χ2n) is 4.85. The van der Waals surface area contributed by atoms with Gasteiger partial charge in [-0.1, -0.05) is 24.3 Å². The van der Waals surface area contributed by atoms with Gasteiger partial charge < -0.3 is 4.74 Å². The fraction of sp³-hybridized carbons (Fsp3) is 0.118. The number of hydrogen-bond donors (Lipinski definition) is 2. The van der Waals surface area contributed by atoms with Gasteiger partial charge in [0.25, 0.3) is 11.8 Å². The van der Waals surface area contributed by atoms with Crippen molar-refractivity contribution in [1.82, 2.24) is 10.9 Å². The van der Waals surface area contributed by atoms with Crippen LogP contribution in [-0.2, 0) is 4.79 Å². The zero-order valence-corrected chi connectivity index (χ0v) is 14.4. The predicted octanol–water partition coefficient (Wildman–Crippen LogP) is 2.49. The first kappa shape index (κ1) is 17.7. The lowest BCUT2D eigenvalue weighted by Gasteiger charge is -2.10. The van der Waals surface area contributed by atoms with E-state index in [2.05, 4.69) is 26.8 Å². The van der Waals surface area contributed by atoms with Crippen LogP contribution in [-0.4, -0.2) is 24.2 Å². The van der Waals surface area contributed by atoms with Crippen molar-refractivity contribution >= 4 is 33.5 Å². The maximum absolute atomic E-state index is 11.9. The molecule has 124 valence electrons. The fourth-order valence-electron chi connectivity index (χ4n) is 1.83. The number of halogens is 1. The molecule has 0 aliphatic carbocycles. The molecule has 2 N–H and O–H groups in total. The lowest BCUT2D eigenvalue weighted by molar-refractivity contribution is -0.123. The molecule has 2 aromatic carbocycles. The molecular formula is C17H15BrN2O4. The Bertz CT molecular complexity index is 777. The largest absolute Gasteiger partial charge is 0.484 e. The number of carbonyl (C=O) groups is 3. The van der Waals surface area contributed by atoms with Crippen LogP contribution in [0.3, 0.4) is 0 Å². The summed E-state index contributed by atoms with van der Waals surface area (Å²) in [5.74, 6) is -0.668. The van der Waals surface area contributed by atoms with Crippen molar-refractivity contribution in [3.63, 3.8) is 0 Å². The molecule has 6 nitrogen and oxygen atoms in total.